The summed E-state index contributed by atoms with van der Waals surface area (Å²) < 4.78 is 10.7. The molecule has 34 heavy (non-hydrogen) atoms. The van der Waals surface area contributed by atoms with Crippen molar-refractivity contribution in [1.82, 2.24) is 9.97 Å². The maximum Gasteiger partial charge on any atom is 0.311 e. The van der Waals surface area contributed by atoms with Crippen LogP contribution in [0.25, 0.3) is 22.6 Å². The zero-order valence-corrected chi connectivity index (χ0v) is 18.9. The Morgan fingerprint density at radius 3 is 1.97 bits per heavy atom. The third kappa shape index (κ3) is 4.83. The molecule has 4 aromatic rings. The molecule has 7 heteroatoms. The third-order valence-electron chi connectivity index (χ3n) is 5.60. The molecule has 0 aliphatic rings. The third-order valence-corrected chi connectivity index (χ3v) is 5.60. The van der Waals surface area contributed by atoms with Gasteiger partial charge in [0.05, 0.1) is 25.8 Å². The normalized spacial score (nSPS) is 11.6. The van der Waals surface area contributed by atoms with Gasteiger partial charge >= 0.3 is 5.97 Å². The molecule has 3 aromatic carbocycles. The van der Waals surface area contributed by atoms with Gasteiger partial charge < -0.3 is 20.3 Å². The predicted molar refractivity (Wildman–Crippen MR) is 131 cm³/mol. The molecule has 0 saturated carbocycles. The van der Waals surface area contributed by atoms with Crippen molar-refractivity contribution in [3.8, 4) is 34.1 Å². The fraction of sp³-hybridized carbons (Fsp3) is 0.148. The van der Waals surface area contributed by atoms with Crippen molar-refractivity contribution in [2.75, 3.05) is 20.0 Å². The topological polar surface area (TPSA) is 108 Å². The number of aliphatic carboxylic acids is 1. The molecule has 7 nitrogen and oxygen atoms in total. The van der Waals surface area contributed by atoms with Crippen LogP contribution in [0.4, 0.5) is 5.82 Å². The maximum absolute atomic E-state index is 12.4. The lowest BCUT2D eigenvalue weighted by molar-refractivity contribution is -0.138. The quantitative estimate of drug-likeness (QED) is 0.392. The van der Waals surface area contributed by atoms with Gasteiger partial charge in [-0.15, -0.1) is 0 Å². The molecule has 0 aliphatic heterocycles. The highest BCUT2D eigenvalue weighted by atomic mass is 16.5. The first-order valence-corrected chi connectivity index (χ1v) is 10.7. The Labute approximate surface area is 197 Å². The number of anilines is 1. The molecule has 4 rings (SSSR count). The number of hydrogen-bond acceptors (Lipinski definition) is 6. The molecule has 172 valence electrons. The number of carbonyl (C=O) groups is 1. The van der Waals surface area contributed by atoms with E-state index in [0.717, 1.165) is 11.1 Å². The summed E-state index contributed by atoms with van der Waals surface area (Å²) in [6, 6.07) is 24.2. The summed E-state index contributed by atoms with van der Waals surface area (Å²) in [7, 11) is 3.05. The number of benzene rings is 3. The van der Waals surface area contributed by atoms with Gasteiger partial charge in [0.25, 0.3) is 0 Å². The predicted octanol–water partition coefficient (Wildman–Crippen LogP) is 4.82. The highest BCUT2D eigenvalue weighted by molar-refractivity contribution is 5.79. The molecule has 0 saturated heterocycles. The second-order valence-electron chi connectivity index (χ2n) is 7.73. The monoisotopic (exact) mass is 455 g/mol. The van der Waals surface area contributed by atoms with Gasteiger partial charge in [-0.2, -0.15) is 0 Å². The second kappa shape index (κ2) is 10.0. The van der Waals surface area contributed by atoms with Gasteiger partial charge in [0.2, 0.25) is 0 Å². The van der Waals surface area contributed by atoms with E-state index in [0.29, 0.717) is 34.1 Å². The van der Waals surface area contributed by atoms with Gasteiger partial charge in [0, 0.05) is 22.8 Å². The Morgan fingerprint density at radius 2 is 1.44 bits per heavy atom. The first-order chi connectivity index (χ1) is 16.5. The van der Waals surface area contributed by atoms with Crippen LogP contribution < -0.4 is 15.2 Å². The van der Waals surface area contributed by atoms with Crippen LogP contribution in [0, 0.1) is 0 Å². The molecule has 1 atom stereocenters. The summed E-state index contributed by atoms with van der Waals surface area (Å²) in [5.74, 6) is -0.176. The molecule has 0 bridgehead atoms. The fourth-order valence-corrected chi connectivity index (χ4v) is 3.84. The summed E-state index contributed by atoms with van der Waals surface area (Å²) in [5.41, 5.74) is 9.81. The minimum absolute atomic E-state index is 0.0940. The number of carboxylic acids is 1. The van der Waals surface area contributed by atoms with Crippen molar-refractivity contribution in [2.24, 2.45) is 0 Å². The number of nitrogens with two attached hydrogens (primary N) is 1. The molecule has 1 aromatic heterocycles. The lowest BCUT2D eigenvalue weighted by atomic mass is 9.89. The van der Waals surface area contributed by atoms with Crippen LogP contribution in [0.2, 0.25) is 0 Å². The first kappa shape index (κ1) is 22.8. The largest absolute Gasteiger partial charge is 0.497 e. The maximum atomic E-state index is 12.4. The number of methoxy groups -OCH3 is 2. The van der Waals surface area contributed by atoms with Crippen LogP contribution >= 0.6 is 0 Å². The zero-order chi connectivity index (χ0) is 24.1. The smallest absolute Gasteiger partial charge is 0.311 e. The van der Waals surface area contributed by atoms with E-state index in [1.54, 1.807) is 18.2 Å². The number of hydrogen-bond donors (Lipinski definition) is 2. The van der Waals surface area contributed by atoms with Crippen LogP contribution in [-0.4, -0.2) is 35.3 Å². The summed E-state index contributed by atoms with van der Waals surface area (Å²) in [5, 5.41) is 10.1. The standard InChI is InChI=1S/C27H25N3O4/c1-33-20-13-19(14-21(15-20)34-2)22(27(31)32)16-23-24(17-9-5-3-6-10-17)29-26(30-25(23)28)18-11-7-4-8-12-18/h3-15,22H,16H2,1-2H3,(H,31,32)(H2,28,29,30). The van der Waals surface area contributed by atoms with Crippen molar-refractivity contribution < 1.29 is 19.4 Å². The first-order valence-electron chi connectivity index (χ1n) is 10.7. The van der Waals surface area contributed by atoms with Crippen molar-refractivity contribution in [2.45, 2.75) is 12.3 Å². The minimum atomic E-state index is -0.999. The number of nitrogen functional groups attached to an aromatic ring is 1. The van der Waals surface area contributed by atoms with Crippen molar-refractivity contribution in [1.29, 1.82) is 0 Å². The Balaban J connectivity index is 1.85. The molecule has 1 unspecified atom stereocenters. The van der Waals surface area contributed by atoms with Crippen molar-refractivity contribution in [3.63, 3.8) is 0 Å². The second-order valence-corrected chi connectivity index (χ2v) is 7.73. The molecule has 0 amide bonds. The van der Waals surface area contributed by atoms with Gasteiger partial charge in [-0.05, 0) is 24.1 Å². The van der Waals surface area contributed by atoms with E-state index in [1.165, 1.54) is 14.2 Å². The van der Waals surface area contributed by atoms with Crippen LogP contribution in [0.1, 0.15) is 17.0 Å². The molecule has 0 aliphatic carbocycles. The number of ether oxygens (including phenoxy) is 2. The van der Waals surface area contributed by atoms with E-state index in [-0.39, 0.29) is 12.2 Å². The van der Waals surface area contributed by atoms with Crippen LogP contribution in [0.15, 0.2) is 78.9 Å². The van der Waals surface area contributed by atoms with Gasteiger partial charge in [0.1, 0.15) is 17.3 Å². The van der Waals surface area contributed by atoms with Gasteiger partial charge in [0.15, 0.2) is 5.82 Å². The molecule has 3 N–H and O–H groups in total. The lowest BCUT2D eigenvalue weighted by Gasteiger charge is -2.19. The Morgan fingerprint density at radius 1 is 0.882 bits per heavy atom. The molecule has 1 heterocycles. The molecule has 0 fully saturated rings. The summed E-state index contributed by atoms with van der Waals surface area (Å²) in [6.45, 7) is 0. The van der Waals surface area contributed by atoms with Crippen LogP contribution in [-0.2, 0) is 11.2 Å². The highest BCUT2D eigenvalue weighted by Crippen LogP contribution is 2.35. The number of rotatable bonds is 8. The van der Waals surface area contributed by atoms with Gasteiger partial charge in [-0.1, -0.05) is 60.7 Å². The van der Waals surface area contributed by atoms with E-state index in [9.17, 15) is 9.90 Å². The average molecular weight is 456 g/mol. The fourth-order valence-electron chi connectivity index (χ4n) is 3.84. The van der Waals surface area contributed by atoms with Crippen molar-refractivity contribution >= 4 is 11.8 Å². The molecule has 0 radical (unpaired) electrons. The van der Waals surface area contributed by atoms with Crippen LogP contribution in [0.5, 0.6) is 11.5 Å². The van der Waals surface area contributed by atoms with E-state index < -0.39 is 11.9 Å². The average Bonchev–Trinajstić information content (AvgIpc) is 2.88. The van der Waals surface area contributed by atoms with E-state index >= 15 is 0 Å². The highest BCUT2D eigenvalue weighted by Gasteiger charge is 2.26. The minimum Gasteiger partial charge on any atom is -0.497 e. The molecular formula is C27H25N3O4. The number of nitrogens with zero attached hydrogens (tertiary/aromatic N) is 2. The van der Waals surface area contributed by atoms with Gasteiger partial charge in [-0.25, -0.2) is 9.97 Å². The number of carboxylic acid groups (broad SMARTS) is 1. The summed E-state index contributed by atoms with van der Waals surface area (Å²) in [6.07, 6.45) is 0.0940. The van der Waals surface area contributed by atoms with E-state index in [4.69, 9.17) is 20.2 Å². The van der Waals surface area contributed by atoms with E-state index in [1.807, 2.05) is 60.7 Å². The van der Waals surface area contributed by atoms with Crippen LogP contribution in [0.3, 0.4) is 0 Å². The lowest BCUT2D eigenvalue weighted by Crippen LogP contribution is -2.17. The Hall–Kier alpha value is -4.39. The zero-order valence-electron chi connectivity index (χ0n) is 18.9. The Bertz CT molecular complexity index is 1270. The van der Waals surface area contributed by atoms with Crippen molar-refractivity contribution in [3.05, 3.63) is 90.0 Å². The molecular weight excluding hydrogens is 430 g/mol. The SMILES string of the molecule is COc1cc(OC)cc(C(Cc2c(N)nc(-c3ccccc3)nc2-c2ccccc2)C(=O)O)c1. The Kier molecular flexibility index (Phi) is 6.73. The van der Waals surface area contributed by atoms with Gasteiger partial charge in [-0.3, -0.25) is 4.79 Å². The summed E-state index contributed by atoms with van der Waals surface area (Å²) >= 11 is 0. The number of aromatic nitrogens is 2. The van der Waals surface area contributed by atoms with E-state index in [2.05, 4.69) is 4.98 Å². The summed E-state index contributed by atoms with van der Waals surface area (Å²) in [4.78, 5) is 21.7. The molecule has 0 spiro atoms.